The first-order valence-corrected chi connectivity index (χ1v) is 7.25. The molecule has 1 unspecified atom stereocenters. The number of nitrogens with zero attached hydrogens (tertiary/aromatic N) is 1. The van der Waals surface area contributed by atoms with E-state index in [1.165, 1.54) is 18.9 Å². The van der Waals surface area contributed by atoms with Gasteiger partial charge in [0.1, 0.15) is 0 Å². The Labute approximate surface area is 127 Å². The van der Waals surface area contributed by atoms with Gasteiger partial charge in [0, 0.05) is 18.2 Å². The summed E-state index contributed by atoms with van der Waals surface area (Å²) in [5, 5.41) is 23.3. The lowest BCUT2D eigenvalue weighted by atomic mass is 9.99. The number of carboxylic acids is 1. The largest absolute Gasteiger partial charge is 0.478 e. The van der Waals surface area contributed by atoms with E-state index in [0.29, 0.717) is 5.92 Å². The summed E-state index contributed by atoms with van der Waals surface area (Å²) in [5.41, 5.74) is -0.232. The van der Waals surface area contributed by atoms with Gasteiger partial charge in [0.15, 0.2) is 0 Å². The highest BCUT2D eigenvalue weighted by atomic mass is 35.5. The van der Waals surface area contributed by atoms with Gasteiger partial charge in [-0.15, -0.1) is 0 Å². The zero-order valence-corrected chi connectivity index (χ0v) is 12.4. The Bertz CT molecular complexity index is 570. The van der Waals surface area contributed by atoms with Crippen LogP contribution in [0.4, 0.5) is 11.4 Å². The molecule has 0 radical (unpaired) electrons. The minimum absolute atomic E-state index is 0.0615. The van der Waals surface area contributed by atoms with Crippen molar-refractivity contribution in [1.29, 1.82) is 0 Å². The van der Waals surface area contributed by atoms with Gasteiger partial charge in [-0.2, -0.15) is 0 Å². The molecule has 21 heavy (non-hydrogen) atoms. The van der Waals surface area contributed by atoms with Crippen LogP contribution in [0, 0.1) is 16.0 Å². The monoisotopic (exact) mass is 312 g/mol. The number of benzene rings is 1. The van der Waals surface area contributed by atoms with Gasteiger partial charge in [0.2, 0.25) is 0 Å². The Morgan fingerprint density at radius 2 is 2.10 bits per heavy atom. The molecule has 2 N–H and O–H groups in total. The molecule has 7 heteroatoms. The Kier molecular flexibility index (Phi) is 4.67. The highest BCUT2D eigenvalue weighted by Crippen LogP contribution is 2.35. The van der Waals surface area contributed by atoms with Crippen molar-refractivity contribution in [2.24, 2.45) is 5.92 Å². The number of nitro groups is 1. The van der Waals surface area contributed by atoms with Crippen LogP contribution in [0.25, 0.3) is 0 Å². The third-order valence-electron chi connectivity index (χ3n) is 4.00. The average molecular weight is 313 g/mol. The lowest BCUT2D eigenvalue weighted by Crippen LogP contribution is -2.25. The van der Waals surface area contributed by atoms with E-state index < -0.39 is 10.9 Å². The fourth-order valence-corrected chi connectivity index (χ4v) is 3.08. The first-order valence-electron chi connectivity index (χ1n) is 6.88. The van der Waals surface area contributed by atoms with Gasteiger partial charge in [-0.05, 0) is 25.7 Å². The fourth-order valence-electron chi connectivity index (χ4n) is 2.82. The van der Waals surface area contributed by atoms with Crippen molar-refractivity contribution < 1.29 is 14.8 Å². The van der Waals surface area contributed by atoms with E-state index in [0.717, 1.165) is 18.9 Å². The highest BCUT2D eigenvalue weighted by Gasteiger charge is 2.25. The predicted octanol–water partition coefficient (Wildman–Crippen LogP) is 3.94. The molecule has 1 fully saturated rings. The summed E-state index contributed by atoms with van der Waals surface area (Å²) in [6.45, 7) is 1.99. The molecule has 0 aromatic heterocycles. The minimum atomic E-state index is -1.23. The molecule has 0 saturated heterocycles. The maximum atomic E-state index is 11.3. The van der Waals surface area contributed by atoms with Crippen molar-refractivity contribution in [2.75, 3.05) is 5.32 Å². The Balaban J connectivity index is 2.32. The quantitative estimate of drug-likeness (QED) is 0.634. The molecule has 1 aromatic rings. The van der Waals surface area contributed by atoms with Crippen LogP contribution in [0.5, 0.6) is 0 Å². The maximum absolute atomic E-state index is 11.3. The number of aromatic carboxylic acids is 1. The van der Waals surface area contributed by atoms with Crippen LogP contribution in [-0.4, -0.2) is 22.0 Å². The standard InChI is InChI=1S/C14H17ClN2O4/c1-8(9-4-2-3-5-9)16-13-11(14(18)19)6-10(17(20)21)7-12(13)15/h6-9,16H,2-5H2,1H3,(H,18,19). The minimum Gasteiger partial charge on any atom is -0.478 e. The van der Waals surface area contributed by atoms with Crippen molar-refractivity contribution in [3.8, 4) is 0 Å². The van der Waals surface area contributed by atoms with E-state index in [2.05, 4.69) is 5.32 Å². The lowest BCUT2D eigenvalue weighted by molar-refractivity contribution is -0.384. The van der Waals surface area contributed by atoms with Crippen LogP contribution in [-0.2, 0) is 0 Å². The molecule has 0 amide bonds. The number of carboxylic acid groups (broad SMARTS) is 1. The molecule has 1 atom stereocenters. The van der Waals surface area contributed by atoms with Gasteiger partial charge in [-0.3, -0.25) is 10.1 Å². The van der Waals surface area contributed by atoms with E-state index in [4.69, 9.17) is 11.6 Å². The normalized spacial score (nSPS) is 16.7. The molecular formula is C14H17ClN2O4. The smallest absolute Gasteiger partial charge is 0.338 e. The third-order valence-corrected chi connectivity index (χ3v) is 4.29. The first-order chi connectivity index (χ1) is 9.90. The van der Waals surface area contributed by atoms with Crippen LogP contribution >= 0.6 is 11.6 Å². The Morgan fingerprint density at radius 3 is 2.62 bits per heavy atom. The molecule has 114 valence electrons. The summed E-state index contributed by atoms with van der Waals surface area (Å²) in [5.74, 6) is -0.764. The van der Waals surface area contributed by atoms with Crippen molar-refractivity contribution in [3.05, 3.63) is 32.8 Å². The van der Waals surface area contributed by atoms with E-state index >= 15 is 0 Å². The number of carbonyl (C=O) groups is 1. The number of rotatable bonds is 5. The molecule has 6 nitrogen and oxygen atoms in total. The van der Waals surface area contributed by atoms with E-state index in [1.54, 1.807) is 0 Å². The second-order valence-electron chi connectivity index (χ2n) is 5.39. The summed E-state index contributed by atoms with van der Waals surface area (Å²) in [6, 6.07) is 2.29. The third kappa shape index (κ3) is 3.44. The zero-order chi connectivity index (χ0) is 15.6. The fraction of sp³-hybridized carbons (Fsp3) is 0.500. The number of hydrogen-bond donors (Lipinski definition) is 2. The molecule has 1 aromatic carbocycles. The van der Waals surface area contributed by atoms with Crippen LogP contribution < -0.4 is 5.32 Å². The molecule has 0 bridgehead atoms. The van der Waals surface area contributed by atoms with Crippen molar-refractivity contribution in [3.63, 3.8) is 0 Å². The van der Waals surface area contributed by atoms with Gasteiger partial charge in [0.25, 0.3) is 5.69 Å². The highest BCUT2D eigenvalue weighted by molar-refractivity contribution is 6.34. The Morgan fingerprint density at radius 1 is 1.48 bits per heavy atom. The predicted molar refractivity (Wildman–Crippen MR) is 80.1 cm³/mol. The molecule has 1 aliphatic rings. The number of halogens is 1. The lowest BCUT2D eigenvalue weighted by Gasteiger charge is -2.23. The number of nitrogens with one attached hydrogen (secondary N) is 1. The molecule has 1 saturated carbocycles. The molecule has 2 rings (SSSR count). The maximum Gasteiger partial charge on any atom is 0.338 e. The van der Waals surface area contributed by atoms with Crippen LogP contribution in [0.3, 0.4) is 0 Å². The van der Waals surface area contributed by atoms with Gasteiger partial charge in [-0.25, -0.2) is 4.79 Å². The number of anilines is 1. The summed E-state index contributed by atoms with van der Waals surface area (Å²) in [4.78, 5) is 21.5. The summed E-state index contributed by atoms with van der Waals surface area (Å²) < 4.78 is 0. The first kappa shape index (κ1) is 15.6. The molecule has 1 aliphatic carbocycles. The van der Waals surface area contributed by atoms with E-state index in [9.17, 15) is 20.0 Å². The van der Waals surface area contributed by atoms with Gasteiger partial charge < -0.3 is 10.4 Å². The van der Waals surface area contributed by atoms with E-state index in [-0.39, 0.29) is 28.0 Å². The number of non-ortho nitro benzene ring substituents is 1. The summed E-state index contributed by atoms with van der Waals surface area (Å²) in [6.07, 6.45) is 4.55. The number of nitro benzene ring substituents is 1. The summed E-state index contributed by atoms with van der Waals surface area (Å²) in [7, 11) is 0. The molecule has 0 aliphatic heterocycles. The van der Waals surface area contributed by atoms with Gasteiger partial charge >= 0.3 is 5.97 Å². The SMILES string of the molecule is CC(Nc1c(Cl)cc([N+](=O)[O-])cc1C(=O)O)C1CCCC1. The van der Waals surface area contributed by atoms with E-state index in [1.807, 2.05) is 6.92 Å². The molecule has 0 heterocycles. The van der Waals surface area contributed by atoms with Crippen LogP contribution in [0.15, 0.2) is 12.1 Å². The van der Waals surface area contributed by atoms with Gasteiger partial charge in [-0.1, -0.05) is 24.4 Å². The molecular weight excluding hydrogens is 296 g/mol. The second kappa shape index (κ2) is 6.30. The molecule has 0 spiro atoms. The van der Waals surface area contributed by atoms with Crippen molar-refractivity contribution in [1.82, 2.24) is 0 Å². The topological polar surface area (TPSA) is 92.5 Å². The van der Waals surface area contributed by atoms with Crippen LogP contribution in [0.1, 0.15) is 43.0 Å². The van der Waals surface area contributed by atoms with Crippen molar-refractivity contribution >= 4 is 28.9 Å². The Hall–Kier alpha value is -1.82. The van der Waals surface area contributed by atoms with Crippen molar-refractivity contribution in [2.45, 2.75) is 38.6 Å². The van der Waals surface area contributed by atoms with Gasteiger partial charge in [0.05, 0.1) is 21.2 Å². The number of hydrogen-bond acceptors (Lipinski definition) is 4. The zero-order valence-electron chi connectivity index (χ0n) is 11.6. The average Bonchev–Trinajstić information content (AvgIpc) is 2.94. The second-order valence-corrected chi connectivity index (χ2v) is 5.80. The summed E-state index contributed by atoms with van der Waals surface area (Å²) >= 11 is 6.04. The van der Waals surface area contributed by atoms with Crippen LogP contribution in [0.2, 0.25) is 5.02 Å².